The van der Waals surface area contributed by atoms with Gasteiger partial charge in [0.05, 0.1) is 0 Å². The lowest BCUT2D eigenvalue weighted by Crippen LogP contribution is -2.57. The lowest BCUT2D eigenvalue weighted by Gasteiger charge is -2.42. The fourth-order valence-corrected chi connectivity index (χ4v) is 2.47. The van der Waals surface area contributed by atoms with Gasteiger partial charge < -0.3 is 15.1 Å². The van der Waals surface area contributed by atoms with Gasteiger partial charge in [-0.25, -0.2) is 4.79 Å². The Labute approximate surface area is 113 Å². The summed E-state index contributed by atoms with van der Waals surface area (Å²) in [5, 5.41) is 19.5. The van der Waals surface area contributed by atoms with Crippen LogP contribution in [0, 0.1) is 0 Å². The molecule has 0 radical (unpaired) electrons. The van der Waals surface area contributed by atoms with Crippen molar-refractivity contribution in [2.24, 2.45) is 0 Å². The van der Waals surface area contributed by atoms with E-state index in [0.717, 1.165) is 5.56 Å². The smallest absolute Gasteiger partial charge is 0.407 e. The quantitative estimate of drug-likeness (QED) is 0.862. The zero-order valence-electron chi connectivity index (χ0n) is 11.1. The summed E-state index contributed by atoms with van der Waals surface area (Å²) in [5.74, 6) is 0. The second-order valence-electron chi connectivity index (χ2n) is 5.14. The molecular weight excluding hydrogens is 244 g/mol. The number of hydrogen-bond donors (Lipinski definition) is 2. The van der Waals surface area contributed by atoms with E-state index in [1.807, 2.05) is 35.2 Å². The van der Waals surface area contributed by atoms with Crippen LogP contribution in [0.2, 0.25) is 0 Å². The molecule has 1 aliphatic heterocycles. The van der Waals surface area contributed by atoms with Crippen molar-refractivity contribution in [3.63, 3.8) is 0 Å². The molecule has 1 saturated heterocycles. The van der Waals surface area contributed by atoms with Crippen molar-refractivity contribution < 1.29 is 15.0 Å². The first-order chi connectivity index (χ1) is 8.99. The number of aliphatic hydroxyl groups is 1. The molecule has 0 bridgehead atoms. The van der Waals surface area contributed by atoms with Crippen LogP contribution in [0.3, 0.4) is 0 Å². The summed E-state index contributed by atoms with van der Waals surface area (Å²) in [4.78, 5) is 14.2. The van der Waals surface area contributed by atoms with E-state index in [4.69, 9.17) is 5.11 Å². The third-order valence-corrected chi connectivity index (χ3v) is 3.61. The first kappa shape index (κ1) is 13.8. The standard InChI is InChI=1S/C14H20N2O3/c1-14(19,11-12-5-3-2-4-6-12)16-9-7-15(8-10-16)13(17)18/h2-6,19H,7-11H2,1H3,(H,17,18)/t14-/m0/s1. The minimum atomic E-state index is -0.939. The van der Waals surface area contributed by atoms with Crippen LogP contribution in [0.4, 0.5) is 4.79 Å². The zero-order chi connectivity index (χ0) is 13.9. The highest BCUT2D eigenvalue weighted by Gasteiger charge is 2.33. The van der Waals surface area contributed by atoms with Crippen molar-refractivity contribution in [2.45, 2.75) is 19.1 Å². The Hall–Kier alpha value is -1.59. The van der Waals surface area contributed by atoms with Gasteiger partial charge in [0.2, 0.25) is 0 Å². The second kappa shape index (κ2) is 5.59. The first-order valence-corrected chi connectivity index (χ1v) is 6.48. The molecule has 1 aliphatic rings. The fraction of sp³-hybridized carbons (Fsp3) is 0.500. The molecule has 5 nitrogen and oxygen atoms in total. The average molecular weight is 264 g/mol. The topological polar surface area (TPSA) is 64.0 Å². The van der Waals surface area contributed by atoms with Crippen LogP contribution in [0.1, 0.15) is 12.5 Å². The number of carbonyl (C=O) groups is 1. The Morgan fingerprint density at radius 3 is 2.32 bits per heavy atom. The van der Waals surface area contributed by atoms with E-state index in [1.54, 1.807) is 6.92 Å². The van der Waals surface area contributed by atoms with Crippen molar-refractivity contribution in [3.8, 4) is 0 Å². The van der Waals surface area contributed by atoms with E-state index < -0.39 is 11.8 Å². The van der Waals surface area contributed by atoms with Gasteiger partial charge >= 0.3 is 6.09 Å². The van der Waals surface area contributed by atoms with Crippen molar-refractivity contribution >= 4 is 6.09 Å². The van der Waals surface area contributed by atoms with Gasteiger partial charge in [-0.05, 0) is 12.5 Å². The highest BCUT2D eigenvalue weighted by Crippen LogP contribution is 2.19. The molecule has 1 atom stereocenters. The summed E-state index contributed by atoms with van der Waals surface area (Å²) in [7, 11) is 0. The van der Waals surface area contributed by atoms with Gasteiger partial charge in [-0.3, -0.25) is 4.90 Å². The Kier molecular flexibility index (Phi) is 4.07. The molecule has 0 unspecified atom stereocenters. The molecule has 104 valence electrons. The Morgan fingerprint density at radius 2 is 1.79 bits per heavy atom. The number of nitrogens with zero attached hydrogens (tertiary/aromatic N) is 2. The van der Waals surface area contributed by atoms with E-state index in [2.05, 4.69) is 0 Å². The van der Waals surface area contributed by atoms with E-state index in [1.165, 1.54) is 4.90 Å². The van der Waals surface area contributed by atoms with Crippen molar-refractivity contribution in [1.82, 2.24) is 9.80 Å². The van der Waals surface area contributed by atoms with Gasteiger partial charge in [-0.15, -0.1) is 0 Å². The Morgan fingerprint density at radius 1 is 1.21 bits per heavy atom. The molecule has 1 heterocycles. The molecular formula is C14H20N2O3. The summed E-state index contributed by atoms with van der Waals surface area (Å²) in [6.07, 6.45) is -0.344. The van der Waals surface area contributed by atoms with Crippen LogP contribution >= 0.6 is 0 Å². The summed E-state index contributed by atoms with van der Waals surface area (Å²) < 4.78 is 0. The van der Waals surface area contributed by atoms with E-state index in [-0.39, 0.29) is 0 Å². The summed E-state index contributed by atoms with van der Waals surface area (Å²) >= 11 is 0. The molecule has 1 aromatic carbocycles. The van der Waals surface area contributed by atoms with E-state index >= 15 is 0 Å². The molecule has 0 aliphatic carbocycles. The van der Waals surface area contributed by atoms with Crippen LogP contribution in [0.5, 0.6) is 0 Å². The SMILES string of the molecule is C[C@](O)(Cc1ccccc1)N1CCN(C(=O)O)CC1. The minimum absolute atomic E-state index is 0.445. The van der Waals surface area contributed by atoms with Gasteiger partial charge in [0.1, 0.15) is 5.72 Å². The normalized spacial score (nSPS) is 20.0. The zero-order valence-corrected chi connectivity index (χ0v) is 11.1. The predicted molar refractivity (Wildman–Crippen MR) is 71.9 cm³/mol. The van der Waals surface area contributed by atoms with Crippen LogP contribution in [0.15, 0.2) is 30.3 Å². The van der Waals surface area contributed by atoms with Crippen LogP contribution in [-0.4, -0.2) is 58.0 Å². The molecule has 2 N–H and O–H groups in total. The lowest BCUT2D eigenvalue weighted by molar-refractivity contribution is -0.107. The average Bonchev–Trinajstić information content (AvgIpc) is 2.39. The number of rotatable bonds is 3. The number of piperazine rings is 1. The molecule has 1 aromatic rings. The molecule has 5 heteroatoms. The van der Waals surface area contributed by atoms with Crippen LogP contribution in [-0.2, 0) is 6.42 Å². The van der Waals surface area contributed by atoms with Crippen molar-refractivity contribution in [2.75, 3.05) is 26.2 Å². The number of benzene rings is 1. The molecule has 1 amide bonds. The maximum atomic E-state index is 10.8. The fourth-order valence-electron chi connectivity index (χ4n) is 2.47. The second-order valence-corrected chi connectivity index (χ2v) is 5.14. The van der Waals surface area contributed by atoms with Gasteiger partial charge in [-0.2, -0.15) is 0 Å². The monoisotopic (exact) mass is 264 g/mol. The maximum Gasteiger partial charge on any atom is 0.407 e. The summed E-state index contributed by atoms with van der Waals surface area (Å²) in [6.45, 7) is 3.80. The maximum absolute atomic E-state index is 10.8. The molecule has 0 spiro atoms. The predicted octanol–water partition coefficient (Wildman–Crippen LogP) is 1.23. The molecule has 0 aromatic heterocycles. The van der Waals surface area contributed by atoms with Crippen molar-refractivity contribution in [3.05, 3.63) is 35.9 Å². The van der Waals surface area contributed by atoms with Crippen LogP contribution < -0.4 is 0 Å². The van der Waals surface area contributed by atoms with Gasteiger partial charge in [0.25, 0.3) is 0 Å². The van der Waals surface area contributed by atoms with E-state index in [9.17, 15) is 9.90 Å². The minimum Gasteiger partial charge on any atom is -0.465 e. The highest BCUT2D eigenvalue weighted by molar-refractivity contribution is 5.65. The molecule has 2 rings (SSSR count). The largest absolute Gasteiger partial charge is 0.465 e. The highest BCUT2D eigenvalue weighted by atomic mass is 16.4. The molecule has 1 fully saturated rings. The third kappa shape index (κ3) is 3.45. The third-order valence-electron chi connectivity index (χ3n) is 3.61. The first-order valence-electron chi connectivity index (χ1n) is 6.48. The molecule has 19 heavy (non-hydrogen) atoms. The van der Waals surface area contributed by atoms with E-state index in [0.29, 0.717) is 32.6 Å². The lowest BCUT2D eigenvalue weighted by atomic mass is 10.0. The Bertz CT molecular complexity index is 426. The van der Waals surface area contributed by atoms with Crippen LogP contribution in [0.25, 0.3) is 0 Å². The number of carboxylic acid groups (broad SMARTS) is 1. The Balaban J connectivity index is 1.95. The summed E-state index contributed by atoms with van der Waals surface area (Å²) in [5.41, 5.74) is 0.138. The number of hydrogen-bond acceptors (Lipinski definition) is 3. The van der Waals surface area contributed by atoms with Gasteiger partial charge in [-0.1, -0.05) is 30.3 Å². The number of amides is 1. The summed E-state index contributed by atoms with van der Waals surface area (Å²) in [6, 6.07) is 9.83. The molecule has 0 saturated carbocycles. The van der Waals surface area contributed by atoms with Gasteiger partial charge in [0.15, 0.2) is 0 Å². The van der Waals surface area contributed by atoms with Gasteiger partial charge in [0, 0.05) is 32.6 Å². The van der Waals surface area contributed by atoms with Crippen molar-refractivity contribution in [1.29, 1.82) is 0 Å².